The lowest BCUT2D eigenvalue weighted by molar-refractivity contribution is -0.385. The van der Waals surface area contributed by atoms with Crippen LogP contribution in [-0.2, 0) is 14.8 Å². The second-order valence-corrected chi connectivity index (χ2v) is 9.47. The molecule has 0 atom stereocenters. The third-order valence-electron chi connectivity index (χ3n) is 4.45. The van der Waals surface area contributed by atoms with Crippen LogP contribution in [0.1, 0.15) is 18.4 Å². The number of aromatic nitrogens is 1. The Kier molecular flexibility index (Phi) is 6.50. The number of rotatable bonds is 7. The standard InChI is InChI=1S/C18H20N4O5S2/c1-13-4-5-14(10-16(13)22(24)25)20-17(23)12-28-18-7-6-15(11-19-18)29(26,27)21-8-2-3-9-21/h4-7,10-11H,2-3,8-9,12H2,1H3,(H,20,23). The molecule has 1 N–H and O–H groups in total. The normalized spacial score (nSPS) is 14.7. The molecule has 154 valence electrons. The molecular formula is C18H20N4O5S2. The summed E-state index contributed by atoms with van der Waals surface area (Å²) in [6, 6.07) is 7.54. The zero-order valence-corrected chi connectivity index (χ0v) is 17.3. The summed E-state index contributed by atoms with van der Waals surface area (Å²) < 4.78 is 26.4. The van der Waals surface area contributed by atoms with Gasteiger partial charge in [0, 0.05) is 36.6 Å². The molecule has 0 aliphatic carbocycles. The van der Waals surface area contributed by atoms with E-state index >= 15 is 0 Å². The number of nitrogens with one attached hydrogen (secondary N) is 1. The van der Waals surface area contributed by atoms with Gasteiger partial charge in [-0.3, -0.25) is 14.9 Å². The van der Waals surface area contributed by atoms with E-state index in [1.54, 1.807) is 25.1 Å². The van der Waals surface area contributed by atoms with Crippen LogP contribution in [-0.4, -0.2) is 47.4 Å². The summed E-state index contributed by atoms with van der Waals surface area (Å²) in [4.78, 5) is 26.9. The molecule has 0 radical (unpaired) electrons. The first kappa shape index (κ1) is 21.2. The predicted molar refractivity (Wildman–Crippen MR) is 109 cm³/mol. The summed E-state index contributed by atoms with van der Waals surface area (Å²) in [5, 5.41) is 14.1. The zero-order chi connectivity index (χ0) is 21.0. The molecule has 1 aromatic heterocycles. The number of amides is 1. The molecule has 0 spiro atoms. The van der Waals surface area contributed by atoms with Gasteiger partial charge in [-0.2, -0.15) is 4.31 Å². The number of hydrogen-bond donors (Lipinski definition) is 1. The van der Waals surface area contributed by atoms with Crippen LogP contribution in [0.25, 0.3) is 0 Å². The van der Waals surface area contributed by atoms with E-state index in [0.29, 0.717) is 29.4 Å². The van der Waals surface area contributed by atoms with Crippen molar-refractivity contribution < 1.29 is 18.1 Å². The van der Waals surface area contributed by atoms with Crippen LogP contribution in [0, 0.1) is 17.0 Å². The number of pyridine rings is 1. The van der Waals surface area contributed by atoms with Gasteiger partial charge in [-0.15, -0.1) is 0 Å². The Balaban J connectivity index is 1.58. The second kappa shape index (κ2) is 8.89. The van der Waals surface area contributed by atoms with E-state index < -0.39 is 14.9 Å². The number of anilines is 1. The van der Waals surface area contributed by atoms with Gasteiger partial charge in [0.25, 0.3) is 5.69 Å². The maximum absolute atomic E-state index is 12.5. The van der Waals surface area contributed by atoms with E-state index in [1.165, 1.54) is 22.6 Å². The van der Waals surface area contributed by atoms with Crippen LogP contribution in [0.4, 0.5) is 11.4 Å². The highest BCUT2D eigenvalue weighted by Gasteiger charge is 2.27. The average molecular weight is 437 g/mol. The number of carbonyl (C=O) groups excluding carboxylic acids is 1. The average Bonchev–Trinajstić information content (AvgIpc) is 3.24. The first-order valence-electron chi connectivity index (χ1n) is 8.91. The Morgan fingerprint density at radius 2 is 2.00 bits per heavy atom. The van der Waals surface area contributed by atoms with Crippen LogP contribution in [0.5, 0.6) is 0 Å². The van der Waals surface area contributed by atoms with Crippen molar-refractivity contribution >= 4 is 39.1 Å². The number of nitrogens with zero attached hydrogens (tertiary/aromatic N) is 3. The highest BCUT2D eigenvalue weighted by atomic mass is 32.2. The van der Waals surface area contributed by atoms with Gasteiger partial charge in [0.1, 0.15) is 4.90 Å². The number of sulfonamides is 1. The molecule has 1 aromatic carbocycles. The molecule has 0 saturated carbocycles. The fourth-order valence-electron chi connectivity index (χ4n) is 2.90. The van der Waals surface area contributed by atoms with Crippen molar-refractivity contribution in [3.05, 3.63) is 52.2 Å². The van der Waals surface area contributed by atoms with Gasteiger partial charge in [-0.1, -0.05) is 17.8 Å². The molecule has 1 aliphatic heterocycles. The number of nitro groups is 1. The van der Waals surface area contributed by atoms with Gasteiger partial charge in [0.15, 0.2) is 0 Å². The summed E-state index contributed by atoms with van der Waals surface area (Å²) in [7, 11) is -3.51. The lowest BCUT2D eigenvalue weighted by Gasteiger charge is -2.15. The van der Waals surface area contributed by atoms with E-state index in [2.05, 4.69) is 10.3 Å². The second-order valence-electron chi connectivity index (χ2n) is 6.54. The third-order valence-corrected chi connectivity index (χ3v) is 7.28. The molecule has 2 heterocycles. The number of benzene rings is 1. The number of thioether (sulfide) groups is 1. The van der Waals surface area contributed by atoms with Gasteiger partial charge < -0.3 is 5.32 Å². The van der Waals surface area contributed by atoms with Crippen molar-refractivity contribution in [2.75, 3.05) is 24.2 Å². The molecular weight excluding hydrogens is 416 g/mol. The summed E-state index contributed by atoms with van der Waals surface area (Å²) in [6.45, 7) is 2.67. The van der Waals surface area contributed by atoms with E-state index in [1.807, 2.05) is 0 Å². The molecule has 1 aliphatic rings. The number of carbonyl (C=O) groups is 1. The minimum atomic E-state index is -3.51. The molecule has 0 bridgehead atoms. The van der Waals surface area contributed by atoms with E-state index in [0.717, 1.165) is 24.6 Å². The Morgan fingerprint density at radius 3 is 2.62 bits per heavy atom. The highest BCUT2D eigenvalue weighted by Crippen LogP contribution is 2.24. The van der Waals surface area contributed by atoms with Crippen molar-refractivity contribution in [1.29, 1.82) is 0 Å². The first-order valence-corrected chi connectivity index (χ1v) is 11.3. The third kappa shape index (κ3) is 5.11. The van der Waals surface area contributed by atoms with Gasteiger partial charge in [0.2, 0.25) is 15.9 Å². The minimum absolute atomic E-state index is 0.0346. The van der Waals surface area contributed by atoms with E-state index in [4.69, 9.17) is 0 Å². The van der Waals surface area contributed by atoms with Crippen LogP contribution < -0.4 is 5.32 Å². The molecule has 0 unspecified atom stereocenters. The van der Waals surface area contributed by atoms with E-state index in [9.17, 15) is 23.3 Å². The maximum atomic E-state index is 12.5. The Labute approximate surface area is 172 Å². The fourth-order valence-corrected chi connectivity index (χ4v) is 5.01. The molecule has 11 heteroatoms. The molecule has 3 rings (SSSR count). The molecule has 29 heavy (non-hydrogen) atoms. The van der Waals surface area contributed by atoms with Crippen LogP contribution >= 0.6 is 11.8 Å². The van der Waals surface area contributed by atoms with Crippen LogP contribution in [0.2, 0.25) is 0 Å². The zero-order valence-electron chi connectivity index (χ0n) is 15.7. The van der Waals surface area contributed by atoms with Crippen molar-refractivity contribution in [3.63, 3.8) is 0 Å². The maximum Gasteiger partial charge on any atom is 0.274 e. The Morgan fingerprint density at radius 1 is 1.28 bits per heavy atom. The van der Waals surface area contributed by atoms with Gasteiger partial charge in [-0.05, 0) is 38.0 Å². The van der Waals surface area contributed by atoms with E-state index in [-0.39, 0.29) is 22.2 Å². The molecule has 1 fully saturated rings. The van der Waals surface area contributed by atoms with Crippen LogP contribution in [0.15, 0.2) is 46.5 Å². The molecule has 2 aromatic rings. The van der Waals surface area contributed by atoms with Gasteiger partial charge in [0.05, 0.1) is 15.7 Å². The fraction of sp³-hybridized carbons (Fsp3) is 0.333. The Bertz CT molecular complexity index is 1020. The first-order chi connectivity index (χ1) is 13.8. The summed E-state index contributed by atoms with van der Waals surface area (Å²) in [6.07, 6.45) is 3.02. The predicted octanol–water partition coefficient (Wildman–Crippen LogP) is 2.81. The van der Waals surface area contributed by atoms with Gasteiger partial charge >= 0.3 is 0 Å². The monoisotopic (exact) mass is 436 g/mol. The summed E-state index contributed by atoms with van der Waals surface area (Å²) in [5.74, 6) is -0.309. The lowest BCUT2D eigenvalue weighted by Crippen LogP contribution is -2.27. The van der Waals surface area contributed by atoms with Crippen molar-refractivity contribution in [2.45, 2.75) is 29.7 Å². The van der Waals surface area contributed by atoms with Crippen molar-refractivity contribution in [3.8, 4) is 0 Å². The molecule has 1 amide bonds. The van der Waals surface area contributed by atoms with Crippen molar-refractivity contribution in [1.82, 2.24) is 9.29 Å². The Hall–Kier alpha value is -2.50. The van der Waals surface area contributed by atoms with Gasteiger partial charge in [-0.25, -0.2) is 13.4 Å². The highest BCUT2D eigenvalue weighted by molar-refractivity contribution is 7.99. The topological polar surface area (TPSA) is 123 Å². The SMILES string of the molecule is Cc1ccc(NC(=O)CSc2ccc(S(=O)(=O)N3CCCC3)cn2)cc1[N+](=O)[O-]. The smallest absolute Gasteiger partial charge is 0.274 e. The van der Waals surface area contributed by atoms with Crippen LogP contribution in [0.3, 0.4) is 0 Å². The molecule has 1 saturated heterocycles. The molecule has 9 nitrogen and oxygen atoms in total. The summed E-state index contributed by atoms with van der Waals surface area (Å²) >= 11 is 1.15. The largest absolute Gasteiger partial charge is 0.325 e. The quantitative estimate of drug-likeness (QED) is 0.402. The lowest BCUT2D eigenvalue weighted by atomic mass is 10.2. The number of nitro benzene ring substituents is 1. The number of hydrogen-bond acceptors (Lipinski definition) is 7. The minimum Gasteiger partial charge on any atom is -0.325 e. The van der Waals surface area contributed by atoms with Crippen molar-refractivity contribution in [2.24, 2.45) is 0 Å². The summed E-state index contributed by atoms with van der Waals surface area (Å²) in [5.41, 5.74) is 0.787. The number of aryl methyl sites for hydroxylation is 1.